The summed E-state index contributed by atoms with van der Waals surface area (Å²) in [7, 11) is 0. The Bertz CT molecular complexity index is 1180. The van der Waals surface area contributed by atoms with E-state index in [-0.39, 0.29) is 17.2 Å². The molecule has 3 aromatic rings. The largest absolute Gasteiger partial charge is 0.449 e. The van der Waals surface area contributed by atoms with Crippen LogP contribution in [0.4, 0.5) is 10.5 Å². The van der Waals surface area contributed by atoms with Gasteiger partial charge in [0.05, 0.1) is 6.20 Å². The predicted molar refractivity (Wildman–Crippen MR) is 122 cm³/mol. The van der Waals surface area contributed by atoms with Crippen LogP contribution in [0, 0.1) is 11.3 Å². The van der Waals surface area contributed by atoms with Gasteiger partial charge >= 0.3 is 6.03 Å². The number of likely N-dealkylation sites (tertiary alicyclic amines) is 1. The minimum Gasteiger partial charge on any atom is -0.449 e. The molecule has 9 heteroatoms. The number of furan rings is 1. The predicted octanol–water partition coefficient (Wildman–Crippen LogP) is 2.99. The minimum absolute atomic E-state index is 0.0136. The number of aromatic nitrogens is 1. The third kappa shape index (κ3) is 4.26. The third-order valence-electron chi connectivity index (χ3n) is 6.86. The number of nitrogens with two attached hydrogens (primary N) is 1. The Morgan fingerprint density at radius 3 is 2.61 bits per heavy atom. The highest BCUT2D eigenvalue weighted by atomic mass is 16.3. The molecule has 1 unspecified atom stereocenters. The number of carbonyl (C=O) groups is 3. The van der Waals surface area contributed by atoms with Gasteiger partial charge in [0.2, 0.25) is 0 Å². The molecule has 170 valence electrons. The number of benzene rings is 1. The number of hydrogen-bond acceptors (Lipinski definition) is 5. The summed E-state index contributed by atoms with van der Waals surface area (Å²) in [6.07, 6.45) is 6.19. The fourth-order valence-electron chi connectivity index (χ4n) is 4.81. The first-order valence-electron chi connectivity index (χ1n) is 11.0. The summed E-state index contributed by atoms with van der Waals surface area (Å²) in [4.78, 5) is 42.1. The Morgan fingerprint density at radius 2 is 1.91 bits per heavy atom. The number of anilines is 1. The number of fused-ring (bicyclic) bond motifs is 1. The number of carbonyl (C=O) groups excluding carboxylic acids is 3. The lowest BCUT2D eigenvalue weighted by Gasteiger charge is -2.33. The molecule has 4 N–H and O–H groups in total. The Labute approximate surface area is 190 Å². The van der Waals surface area contributed by atoms with Crippen LogP contribution in [0.3, 0.4) is 0 Å². The number of nitrogens with zero attached hydrogens (tertiary/aromatic N) is 2. The topological polar surface area (TPSA) is 131 Å². The van der Waals surface area contributed by atoms with E-state index < -0.39 is 6.03 Å². The molecule has 1 aliphatic heterocycles. The van der Waals surface area contributed by atoms with Gasteiger partial charge in [0, 0.05) is 42.5 Å². The van der Waals surface area contributed by atoms with E-state index in [0.29, 0.717) is 48.1 Å². The number of piperidine rings is 1. The average Bonchev–Trinajstić information content (AvgIpc) is 3.29. The van der Waals surface area contributed by atoms with Crippen LogP contribution in [-0.4, -0.2) is 47.4 Å². The summed E-state index contributed by atoms with van der Waals surface area (Å²) in [5, 5.41) is 6.34. The van der Waals surface area contributed by atoms with E-state index in [4.69, 9.17) is 10.2 Å². The van der Waals surface area contributed by atoms with Crippen molar-refractivity contribution in [2.45, 2.75) is 19.3 Å². The van der Waals surface area contributed by atoms with Crippen LogP contribution in [0.2, 0.25) is 0 Å². The van der Waals surface area contributed by atoms with Crippen molar-refractivity contribution in [3.63, 3.8) is 0 Å². The smallest absolute Gasteiger partial charge is 0.316 e. The second kappa shape index (κ2) is 8.23. The Hall–Kier alpha value is -3.88. The van der Waals surface area contributed by atoms with Crippen LogP contribution in [0.5, 0.6) is 0 Å². The van der Waals surface area contributed by atoms with Gasteiger partial charge in [-0.25, -0.2) is 4.79 Å². The number of primary amides is 1. The monoisotopic (exact) mass is 447 g/mol. The van der Waals surface area contributed by atoms with Gasteiger partial charge in [0.15, 0.2) is 11.3 Å². The molecule has 2 fully saturated rings. The van der Waals surface area contributed by atoms with E-state index in [9.17, 15) is 14.4 Å². The van der Waals surface area contributed by atoms with Crippen molar-refractivity contribution in [2.24, 2.45) is 17.1 Å². The molecule has 1 saturated heterocycles. The SMILES string of the molecule is NC(=O)Nc1ccc(C(=O)N2CCC3(CC2)CC3CNC(=O)c2cc3ccncc3o2)cc1. The maximum Gasteiger partial charge on any atom is 0.316 e. The zero-order chi connectivity index (χ0) is 23.0. The molecule has 1 atom stereocenters. The van der Waals surface area contributed by atoms with Crippen molar-refractivity contribution in [3.05, 3.63) is 60.1 Å². The van der Waals surface area contributed by atoms with Gasteiger partial charge in [-0.2, -0.15) is 0 Å². The maximum atomic E-state index is 12.8. The molecule has 5 rings (SSSR count). The molecule has 1 spiro atoms. The molecule has 1 saturated carbocycles. The molecular formula is C24H25N5O4. The summed E-state index contributed by atoms with van der Waals surface area (Å²) < 4.78 is 5.58. The second-order valence-corrected chi connectivity index (χ2v) is 8.86. The number of rotatable bonds is 5. The second-order valence-electron chi connectivity index (χ2n) is 8.86. The summed E-state index contributed by atoms with van der Waals surface area (Å²) in [6.45, 7) is 2.00. The van der Waals surface area contributed by atoms with Crippen LogP contribution in [0.1, 0.15) is 40.2 Å². The zero-order valence-corrected chi connectivity index (χ0v) is 18.0. The lowest BCUT2D eigenvalue weighted by molar-refractivity contribution is 0.0668. The minimum atomic E-state index is -0.638. The fourth-order valence-corrected chi connectivity index (χ4v) is 4.81. The van der Waals surface area contributed by atoms with Crippen molar-refractivity contribution >= 4 is 34.5 Å². The molecule has 1 aliphatic carbocycles. The third-order valence-corrected chi connectivity index (χ3v) is 6.86. The van der Waals surface area contributed by atoms with Gasteiger partial charge in [-0.3, -0.25) is 14.6 Å². The van der Waals surface area contributed by atoms with E-state index in [1.165, 1.54) is 0 Å². The Kier molecular flexibility index (Phi) is 5.24. The number of amides is 4. The molecule has 1 aromatic carbocycles. The van der Waals surface area contributed by atoms with Crippen molar-refractivity contribution in [2.75, 3.05) is 25.0 Å². The van der Waals surface area contributed by atoms with Gasteiger partial charge in [0.1, 0.15) is 0 Å². The number of urea groups is 1. The molecule has 2 aliphatic rings. The fraction of sp³-hybridized carbons (Fsp3) is 0.333. The van der Waals surface area contributed by atoms with Gasteiger partial charge in [0.25, 0.3) is 11.8 Å². The molecule has 3 heterocycles. The van der Waals surface area contributed by atoms with Gasteiger partial charge < -0.3 is 25.7 Å². The number of hydrogen-bond donors (Lipinski definition) is 3. The molecule has 0 radical (unpaired) electrons. The van der Waals surface area contributed by atoms with Gasteiger partial charge in [-0.15, -0.1) is 0 Å². The van der Waals surface area contributed by atoms with Crippen molar-refractivity contribution < 1.29 is 18.8 Å². The highest BCUT2D eigenvalue weighted by molar-refractivity contribution is 5.96. The quantitative estimate of drug-likeness (QED) is 0.553. The molecular weight excluding hydrogens is 422 g/mol. The highest BCUT2D eigenvalue weighted by Crippen LogP contribution is 2.59. The van der Waals surface area contributed by atoms with Crippen LogP contribution in [0.25, 0.3) is 11.0 Å². The lowest BCUT2D eigenvalue weighted by Crippen LogP contribution is -2.40. The highest BCUT2D eigenvalue weighted by Gasteiger charge is 2.54. The van der Waals surface area contributed by atoms with Crippen molar-refractivity contribution in [1.29, 1.82) is 0 Å². The van der Waals surface area contributed by atoms with E-state index in [0.717, 1.165) is 24.6 Å². The Balaban J connectivity index is 1.11. The molecule has 33 heavy (non-hydrogen) atoms. The average molecular weight is 447 g/mol. The van der Waals surface area contributed by atoms with Crippen molar-refractivity contribution in [3.8, 4) is 0 Å². The summed E-state index contributed by atoms with van der Waals surface area (Å²) in [5.41, 5.74) is 7.05. The normalized spacial score (nSPS) is 18.8. The standard InChI is InChI=1S/C24H25N5O4/c25-23(32)28-18-3-1-15(2-4-18)22(31)29-9-6-24(7-10-29)12-17(24)13-27-21(30)19-11-16-5-8-26-14-20(16)33-19/h1-5,8,11,14,17H,6-7,9-10,12-13H2,(H,27,30)(H3,25,28,32). The number of nitrogens with one attached hydrogen (secondary N) is 2. The first-order chi connectivity index (χ1) is 15.9. The van der Waals surface area contributed by atoms with Crippen LogP contribution in [-0.2, 0) is 0 Å². The van der Waals surface area contributed by atoms with Crippen molar-refractivity contribution in [1.82, 2.24) is 15.2 Å². The zero-order valence-electron chi connectivity index (χ0n) is 18.0. The summed E-state index contributed by atoms with van der Waals surface area (Å²) in [6, 6.07) is 9.63. The summed E-state index contributed by atoms with van der Waals surface area (Å²) >= 11 is 0. The van der Waals surface area contributed by atoms with E-state index in [1.807, 2.05) is 11.0 Å². The van der Waals surface area contributed by atoms with Crippen LogP contribution in [0.15, 0.2) is 53.2 Å². The lowest BCUT2D eigenvalue weighted by atomic mass is 9.90. The van der Waals surface area contributed by atoms with E-state index in [1.54, 1.807) is 42.7 Å². The van der Waals surface area contributed by atoms with Gasteiger partial charge in [-0.1, -0.05) is 0 Å². The first-order valence-corrected chi connectivity index (χ1v) is 11.0. The van der Waals surface area contributed by atoms with E-state index in [2.05, 4.69) is 15.6 Å². The number of pyridine rings is 1. The summed E-state index contributed by atoms with van der Waals surface area (Å²) in [5.74, 6) is 0.490. The molecule has 9 nitrogen and oxygen atoms in total. The van der Waals surface area contributed by atoms with Gasteiger partial charge in [-0.05, 0) is 67.0 Å². The van der Waals surface area contributed by atoms with Crippen LogP contribution < -0.4 is 16.4 Å². The van der Waals surface area contributed by atoms with E-state index >= 15 is 0 Å². The molecule has 2 aromatic heterocycles. The van der Waals surface area contributed by atoms with Crippen LogP contribution >= 0.6 is 0 Å². The first kappa shape index (κ1) is 21.0. The molecule has 0 bridgehead atoms. The molecule has 4 amide bonds. The maximum absolute atomic E-state index is 12.8. The Morgan fingerprint density at radius 1 is 1.15 bits per heavy atom.